The number of aliphatic carboxylic acids is 1. The first-order valence-corrected chi connectivity index (χ1v) is 12.7. The van der Waals surface area contributed by atoms with E-state index in [1.54, 1.807) is 0 Å². The molecule has 0 atom stereocenters. The topological polar surface area (TPSA) is 85.8 Å². The van der Waals surface area contributed by atoms with E-state index in [1.165, 1.54) is 17.0 Å². The predicted octanol–water partition coefficient (Wildman–Crippen LogP) is 3.44. The van der Waals surface area contributed by atoms with E-state index >= 15 is 0 Å². The van der Waals surface area contributed by atoms with E-state index < -0.39 is 11.4 Å². The highest BCUT2D eigenvalue weighted by atomic mass is 32.1. The van der Waals surface area contributed by atoms with E-state index in [9.17, 15) is 14.7 Å². The molecule has 0 radical (unpaired) electrons. The largest absolute Gasteiger partial charge is 0.481 e. The Morgan fingerprint density at radius 1 is 1.14 bits per heavy atom. The number of carbonyl (C=O) groups is 2. The van der Waals surface area contributed by atoms with Crippen molar-refractivity contribution in [1.29, 1.82) is 0 Å². The number of aromatic nitrogens is 1. The maximum atomic E-state index is 13.2. The molecule has 1 fully saturated rings. The van der Waals surface area contributed by atoms with Crippen molar-refractivity contribution in [2.45, 2.75) is 31.8 Å². The molecule has 2 aromatic carbocycles. The second kappa shape index (κ2) is 9.43. The van der Waals surface area contributed by atoms with Crippen molar-refractivity contribution in [1.82, 2.24) is 15.2 Å². The molecule has 8 heteroatoms. The van der Waals surface area contributed by atoms with Gasteiger partial charge in [0.15, 0.2) is 0 Å². The van der Waals surface area contributed by atoms with Gasteiger partial charge in [-0.2, -0.15) is 0 Å². The van der Waals surface area contributed by atoms with Gasteiger partial charge in [0.05, 0.1) is 24.1 Å². The van der Waals surface area contributed by atoms with Gasteiger partial charge in [-0.1, -0.05) is 36.4 Å². The van der Waals surface area contributed by atoms with Gasteiger partial charge in [-0.05, 0) is 50.2 Å². The summed E-state index contributed by atoms with van der Waals surface area (Å²) in [6.45, 7) is 2.33. The van der Waals surface area contributed by atoms with Crippen LogP contribution >= 0.6 is 11.3 Å². The molecule has 1 amide bonds. The van der Waals surface area contributed by atoms with Crippen LogP contribution in [0.1, 0.15) is 22.6 Å². The SMILES string of the molecule is CN(C)C1CN(c2cccc(-c3csc(CNC(=O)C4(CC(=O)O)Cc5ccccc5C4)n3)c2)C1. The molecule has 182 valence electrons. The Hall–Kier alpha value is -3.23. The van der Waals surface area contributed by atoms with Gasteiger partial charge in [0.25, 0.3) is 0 Å². The first-order valence-electron chi connectivity index (χ1n) is 11.9. The van der Waals surface area contributed by atoms with Crippen LogP contribution in [0.5, 0.6) is 0 Å². The zero-order valence-corrected chi connectivity index (χ0v) is 20.8. The number of benzene rings is 2. The summed E-state index contributed by atoms with van der Waals surface area (Å²) in [6, 6.07) is 16.8. The first-order chi connectivity index (χ1) is 16.8. The molecule has 3 aromatic rings. The molecule has 2 aliphatic rings. The van der Waals surface area contributed by atoms with Crippen molar-refractivity contribution in [3.8, 4) is 11.3 Å². The van der Waals surface area contributed by atoms with E-state index in [2.05, 4.69) is 53.5 Å². The Morgan fingerprint density at radius 2 is 1.86 bits per heavy atom. The van der Waals surface area contributed by atoms with E-state index in [4.69, 9.17) is 4.98 Å². The van der Waals surface area contributed by atoms with Crippen LogP contribution < -0.4 is 10.2 Å². The number of carboxylic acid groups (broad SMARTS) is 1. The van der Waals surface area contributed by atoms with Gasteiger partial charge >= 0.3 is 5.97 Å². The van der Waals surface area contributed by atoms with Crippen LogP contribution in [-0.2, 0) is 29.0 Å². The molecule has 35 heavy (non-hydrogen) atoms. The maximum absolute atomic E-state index is 13.2. The van der Waals surface area contributed by atoms with Crippen molar-refractivity contribution in [3.05, 3.63) is 70.0 Å². The summed E-state index contributed by atoms with van der Waals surface area (Å²) in [4.78, 5) is 34.2. The highest BCUT2D eigenvalue weighted by Crippen LogP contribution is 2.40. The molecule has 1 aliphatic carbocycles. The molecule has 1 aromatic heterocycles. The van der Waals surface area contributed by atoms with Crippen molar-refractivity contribution in [2.75, 3.05) is 32.1 Å². The number of nitrogens with zero attached hydrogens (tertiary/aromatic N) is 3. The quantitative estimate of drug-likeness (QED) is 0.503. The Kier molecular flexibility index (Phi) is 6.34. The van der Waals surface area contributed by atoms with Gasteiger partial charge in [0.1, 0.15) is 5.01 Å². The molecule has 0 unspecified atom stereocenters. The highest BCUT2D eigenvalue weighted by Gasteiger charge is 2.45. The summed E-state index contributed by atoms with van der Waals surface area (Å²) < 4.78 is 0. The molecule has 0 spiro atoms. The molecule has 1 saturated heterocycles. The number of likely N-dealkylation sites (N-methyl/N-ethyl adjacent to an activating group) is 1. The van der Waals surface area contributed by atoms with Gasteiger partial charge in [-0.25, -0.2) is 4.98 Å². The number of hydrogen-bond acceptors (Lipinski definition) is 6. The summed E-state index contributed by atoms with van der Waals surface area (Å²) in [6.07, 6.45) is 0.708. The Balaban J connectivity index is 1.25. The van der Waals surface area contributed by atoms with Gasteiger partial charge < -0.3 is 20.2 Å². The number of thiazole rings is 1. The lowest BCUT2D eigenvalue weighted by Gasteiger charge is -2.44. The molecular weight excluding hydrogens is 460 g/mol. The number of rotatable bonds is 8. The smallest absolute Gasteiger partial charge is 0.304 e. The van der Waals surface area contributed by atoms with E-state index in [-0.39, 0.29) is 18.9 Å². The number of carbonyl (C=O) groups excluding carboxylic acids is 1. The minimum absolute atomic E-state index is 0.186. The third-order valence-electron chi connectivity index (χ3n) is 7.20. The molecule has 7 nitrogen and oxygen atoms in total. The third kappa shape index (κ3) is 4.81. The molecular formula is C27H30N4O3S. The summed E-state index contributed by atoms with van der Waals surface area (Å²) in [5.41, 5.74) is 4.29. The fourth-order valence-corrected chi connectivity index (χ4v) is 5.82. The Labute approximate surface area is 209 Å². The van der Waals surface area contributed by atoms with Crippen molar-refractivity contribution in [3.63, 3.8) is 0 Å². The number of anilines is 1. The van der Waals surface area contributed by atoms with Crippen LogP contribution in [0.3, 0.4) is 0 Å². The number of amides is 1. The van der Waals surface area contributed by atoms with Crippen molar-refractivity contribution in [2.24, 2.45) is 5.41 Å². The fourth-order valence-electron chi connectivity index (χ4n) is 5.07. The van der Waals surface area contributed by atoms with E-state index in [0.717, 1.165) is 40.5 Å². The minimum atomic E-state index is -0.955. The van der Waals surface area contributed by atoms with Crippen LogP contribution in [0.2, 0.25) is 0 Å². The van der Waals surface area contributed by atoms with Gasteiger partial charge in [0.2, 0.25) is 5.91 Å². The average Bonchev–Trinajstić information content (AvgIpc) is 3.41. The van der Waals surface area contributed by atoms with Crippen LogP contribution in [0.25, 0.3) is 11.3 Å². The number of carboxylic acids is 1. The minimum Gasteiger partial charge on any atom is -0.481 e. The fraction of sp³-hybridized carbons (Fsp3) is 0.370. The van der Waals surface area contributed by atoms with Gasteiger partial charge in [-0.15, -0.1) is 11.3 Å². The maximum Gasteiger partial charge on any atom is 0.304 e. The van der Waals surface area contributed by atoms with Crippen LogP contribution in [0.15, 0.2) is 53.9 Å². The van der Waals surface area contributed by atoms with E-state index in [0.29, 0.717) is 18.9 Å². The van der Waals surface area contributed by atoms with Crippen LogP contribution in [0.4, 0.5) is 5.69 Å². The summed E-state index contributed by atoms with van der Waals surface area (Å²) in [5, 5.41) is 15.3. The third-order valence-corrected chi connectivity index (χ3v) is 8.05. The Bertz CT molecular complexity index is 1220. The van der Waals surface area contributed by atoms with E-state index in [1.807, 2.05) is 29.6 Å². The zero-order chi connectivity index (χ0) is 24.6. The summed E-state index contributed by atoms with van der Waals surface area (Å²) >= 11 is 1.50. The summed E-state index contributed by atoms with van der Waals surface area (Å²) in [5.74, 6) is -1.17. The predicted molar refractivity (Wildman–Crippen MR) is 138 cm³/mol. The highest BCUT2D eigenvalue weighted by molar-refractivity contribution is 7.09. The molecule has 5 rings (SSSR count). The summed E-state index contributed by atoms with van der Waals surface area (Å²) in [7, 11) is 4.23. The standard InChI is InChI=1S/C27H30N4O3S/c1-30(2)22-15-31(16-22)21-9-5-8-18(10-21)23-17-35-24(29-23)14-28-26(34)27(13-25(32)33)11-19-6-3-4-7-20(19)12-27/h3-10,17,22H,11-16H2,1-2H3,(H,28,34)(H,32,33). The zero-order valence-electron chi connectivity index (χ0n) is 20.0. The molecule has 2 N–H and O–H groups in total. The second-order valence-electron chi connectivity index (χ2n) is 9.86. The molecule has 0 saturated carbocycles. The monoisotopic (exact) mass is 490 g/mol. The lowest BCUT2D eigenvalue weighted by molar-refractivity contribution is -0.145. The van der Waals surface area contributed by atoms with Gasteiger partial charge in [0, 0.05) is 35.8 Å². The Morgan fingerprint density at radius 3 is 2.51 bits per heavy atom. The average molecular weight is 491 g/mol. The van der Waals surface area contributed by atoms with Crippen molar-refractivity contribution < 1.29 is 14.7 Å². The molecule has 0 bridgehead atoms. The lowest BCUT2D eigenvalue weighted by atomic mass is 9.80. The molecule has 2 heterocycles. The normalized spacial score (nSPS) is 16.7. The number of nitrogens with one attached hydrogen (secondary N) is 1. The van der Waals surface area contributed by atoms with Crippen LogP contribution in [0, 0.1) is 5.41 Å². The number of fused-ring (bicyclic) bond motifs is 1. The number of hydrogen-bond donors (Lipinski definition) is 2. The van der Waals surface area contributed by atoms with Crippen molar-refractivity contribution >= 4 is 28.9 Å². The lowest BCUT2D eigenvalue weighted by Crippen LogP contribution is -2.57. The van der Waals surface area contributed by atoms with Crippen LogP contribution in [-0.4, -0.2) is 60.1 Å². The molecule has 1 aliphatic heterocycles. The van der Waals surface area contributed by atoms with Gasteiger partial charge in [-0.3, -0.25) is 9.59 Å². The second-order valence-corrected chi connectivity index (χ2v) is 10.8. The first kappa shape index (κ1) is 23.5.